The highest BCUT2D eigenvalue weighted by Crippen LogP contribution is 2.56. The Balaban J connectivity index is 2.30. The Labute approximate surface area is 93.8 Å². The van der Waals surface area contributed by atoms with Crippen molar-refractivity contribution in [3.05, 3.63) is 34.3 Å². The number of benzene rings is 1. The average molecular weight is 254 g/mol. The lowest BCUT2D eigenvalue weighted by Crippen LogP contribution is -2.14. The minimum absolute atomic E-state index is 0.387. The van der Waals surface area contributed by atoms with Crippen LogP contribution in [0.15, 0.2) is 28.7 Å². The Morgan fingerprint density at radius 1 is 1.57 bits per heavy atom. The summed E-state index contributed by atoms with van der Waals surface area (Å²) in [7, 11) is 0. The van der Waals surface area contributed by atoms with Crippen LogP contribution in [0.1, 0.15) is 25.3 Å². The molecule has 76 valence electrons. The van der Waals surface area contributed by atoms with Crippen LogP contribution in [0, 0.1) is 5.92 Å². The lowest BCUT2D eigenvalue weighted by Gasteiger charge is -2.15. The Bertz CT molecular complexity index is 337. The standard InChI is InChI=1S/C12H16BrN/c1-2-12(7-10(12)8-14)9-4-3-5-11(13)6-9/h3-6,10H,2,7-8,14H2,1H3. The van der Waals surface area contributed by atoms with Crippen molar-refractivity contribution < 1.29 is 0 Å². The molecule has 0 saturated heterocycles. The first-order valence-electron chi connectivity index (χ1n) is 5.19. The number of rotatable bonds is 3. The lowest BCUT2D eigenvalue weighted by molar-refractivity contribution is 0.587. The first kappa shape index (κ1) is 10.2. The summed E-state index contributed by atoms with van der Waals surface area (Å²) < 4.78 is 1.17. The Hall–Kier alpha value is -0.340. The fraction of sp³-hybridized carbons (Fsp3) is 0.500. The summed E-state index contributed by atoms with van der Waals surface area (Å²) in [5.41, 5.74) is 7.58. The van der Waals surface area contributed by atoms with Crippen molar-refractivity contribution in [2.75, 3.05) is 6.54 Å². The highest BCUT2D eigenvalue weighted by molar-refractivity contribution is 9.10. The van der Waals surface area contributed by atoms with E-state index in [1.807, 2.05) is 0 Å². The van der Waals surface area contributed by atoms with E-state index in [-0.39, 0.29) is 0 Å². The number of hydrogen-bond acceptors (Lipinski definition) is 1. The molecule has 0 bridgehead atoms. The van der Waals surface area contributed by atoms with E-state index in [1.165, 1.54) is 22.9 Å². The van der Waals surface area contributed by atoms with Crippen LogP contribution in [0.4, 0.5) is 0 Å². The van der Waals surface area contributed by atoms with Gasteiger partial charge in [-0.3, -0.25) is 0 Å². The van der Waals surface area contributed by atoms with Crippen molar-refractivity contribution in [1.29, 1.82) is 0 Å². The van der Waals surface area contributed by atoms with Crippen molar-refractivity contribution in [3.8, 4) is 0 Å². The molecule has 0 spiro atoms. The third kappa shape index (κ3) is 1.51. The van der Waals surface area contributed by atoms with Crippen LogP contribution in [-0.4, -0.2) is 6.54 Å². The van der Waals surface area contributed by atoms with Crippen LogP contribution >= 0.6 is 15.9 Å². The van der Waals surface area contributed by atoms with Crippen molar-refractivity contribution in [1.82, 2.24) is 0 Å². The van der Waals surface area contributed by atoms with Crippen molar-refractivity contribution >= 4 is 15.9 Å². The van der Waals surface area contributed by atoms with Gasteiger partial charge in [0.1, 0.15) is 0 Å². The lowest BCUT2D eigenvalue weighted by atomic mass is 9.90. The zero-order valence-corrected chi connectivity index (χ0v) is 10.0. The van der Waals surface area contributed by atoms with E-state index in [4.69, 9.17) is 5.73 Å². The first-order chi connectivity index (χ1) is 6.73. The summed E-state index contributed by atoms with van der Waals surface area (Å²) in [5, 5.41) is 0. The van der Waals surface area contributed by atoms with E-state index in [0.717, 1.165) is 6.54 Å². The van der Waals surface area contributed by atoms with Crippen LogP contribution in [0.25, 0.3) is 0 Å². The summed E-state index contributed by atoms with van der Waals surface area (Å²) >= 11 is 3.52. The van der Waals surface area contributed by atoms with E-state index in [0.29, 0.717) is 11.3 Å². The molecule has 2 N–H and O–H groups in total. The molecule has 14 heavy (non-hydrogen) atoms. The number of halogens is 1. The largest absolute Gasteiger partial charge is 0.330 e. The van der Waals surface area contributed by atoms with Crippen LogP contribution in [0.5, 0.6) is 0 Å². The minimum Gasteiger partial charge on any atom is -0.330 e. The summed E-state index contributed by atoms with van der Waals surface area (Å²) in [6.07, 6.45) is 2.46. The molecule has 2 heteroatoms. The maximum absolute atomic E-state index is 5.75. The third-order valence-electron chi connectivity index (χ3n) is 3.55. The molecule has 2 rings (SSSR count). The van der Waals surface area contributed by atoms with E-state index >= 15 is 0 Å². The molecule has 1 saturated carbocycles. The van der Waals surface area contributed by atoms with Crippen LogP contribution < -0.4 is 5.73 Å². The molecular formula is C12H16BrN. The second-order valence-corrected chi connectivity index (χ2v) is 5.07. The number of hydrogen-bond donors (Lipinski definition) is 1. The minimum atomic E-state index is 0.387. The van der Waals surface area contributed by atoms with Crippen LogP contribution in [-0.2, 0) is 5.41 Å². The van der Waals surface area contributed by atoms with Gasteiger partial charge in [0.25, 0.3) is 0 Å². The maximum Gasteiger partial charge on any atom is 0.0178 e. The highest BCUT2D eigenvalue weighted by Gasteiger charge is 2.52. The summed E-state index contributed by atoms with van der Waals surface area (Å²) in [6, 6.07) is 8.65. The van der Waals surface area contributed by atoms with Gasteiger partial charge in [-0.2, -0.15) is 0 Å². The van der Waals surface area contributed by atoms with Gasteiger partial charge < -0.3 is 5.73 Å². The van der Waals surface area contributed by atoms with Crippen molar-refractivity contribution in [2.45, 2.75) is 25.2 Å². The Kier molecular flexibility index (Phi) is 2.67. The van der Waals surface area contributed by atoms with Gasteiger partial charge in [-0.1, -0.05) is 35.0 Å². The monoisotopic (exact) mass is 253 g/mol. The normalized spacial score (nSPS) is 30.4. The Morgan fingerprint density at radius 2 is 2.36 bits per heavy atom. The number of nitrogens with two attached hydrogens (primary N) is 1. The predicted molar refractivity (Wildman–Crippen MR) is 63.3 cm³/mol. The topological polar surface area (TPSA) is 26.0 Å². The molecule has 0 aromatic heterocycles. The van der Waals surface area contributed by atoms with E-state index in [9.17, 15) is 0 Å². The molecule has 0 aliphatic heterocycles. The maximum atomic E-state index is 5.75. The smallest absolute Gasteiger partial charge is 0.0178 e. The molecule has 1 nitrogen and oxygen atoms in total. The molecular weight excluding hydrogens is 238 g/mol. The molecule has 1 aliphatic rings. The molecule has 0 heterocycles. The average Bonchev–Trinajstić information content (AvgIpc) is 2.93. The first-order valence-corrected chi connectivity index (χ1v) is 5.98. The molecule has 1 aliphatic carbocycles. The van der Waals surface area contributed by atoms with Gasteiger partial charge in [0.2, 0.25) is 0 Å². The molecule has 1 aromatic rings. The van der Waals surface area contributed by atoms with Crippen LogP contribution in [0.3, 0.4) is 0 Å². The van der Waals surface area contributed by atoms with Gasteiger partial charge in [-0.15, -0.1) is 0 Å². The zero-order chi connectivity index (χ0) is 10.2. The third-order valence-corrected chi connectivity index (χ3v) is 4.04. The summed E-state index contributed by atoms with van der Waals surface area (Å²) in [6.45, 7) is 3.08. The zero-order valence-electron chi connectivity index (χ0n) is 8.46. The van der Waals surface area contributed by atoms with Gasteiger partial charge in [0.15, 0.2) is 0 Å². The molecule has 1 fully saturated rings. The molecule has 0 amide bonds. The fourth-order valence-electron chi connectivity index (χ4n) is 2.48. The van der Waals surface area contributed by atoms with Crippen LogP contribution in [0.2, 0.25) is 0 Å². The summed E-state index contributed by atoms with van der Waals surface area (Å²) in [4.78, 5) is 0. The van der Waals surface area contributed by atoms with Crippen molar-refractivity contribution in [2.24, 2.45) is 11.7 Å². The Morgan fingerprint density at radius 3 is 2.86 bits per heavy atom. The molecule has 2 atom stereocenters. The highest BCUT2D eigenvalue weighted by atomic mass is 79.9. The quantitative estimate of drug-likeness (QED) is 0.881. The van der Waals surface area contributed by atoms with Gasteiger partial charge >= 0.3 is 0 Å². The molecule has 2 unspecified atom stereocenters. The second-order valence-electron chi connectivity index (χ2n) is 4.16. The van der Waals surface area contributed by atoms with E-state index in [2.05, 4.69) is 47.1 Å². The van der Waals surface area contributed by atoms with Crippen molar-refractivity contribution in [3.63, 3.8) is 0 Å². The van der Waals surface area contributed by atoms with Gasteiger partial charge in [-0.25, -0.2) is 0 Å². The van der Waals surface area contributed by atoms with E-state index in [1.54, 1.807) is 0 Å². The van der Waals surface area contributed by atoms with Gasteiger partial charge in [0.05, 0.1) is 0 Å². The molecule has 1 aromatic carbocycles. The SMILES string of the molecule is CCC1(c2cccc(Br)c2)CC1CN. The molecule has 0 radical (unpaired) electrons. The van der Waals surface area contributed by atoms with E-state index < -0.39 is 0 Å². The fourth-order valence-corrected chi connectivity index (χ4v) is 2.88. The predicted octanol–water partition coefficient (Wildman–Crippen LogP) is 3.08. The van der Waals surface area contributed by atoms with Gasteiger partial charge in [-0.05, 0) is 48.4 Å². The van der Waals surface area contributed by atoms with Gasteiger partial charge in [0, 0.05) is 4.47 Å². The summed E-state index contributed by atoms with van der Waals surface area (Å²) in [5.74, 6) is 0.696. The second kappa shape index (κ2) is 3.67.